The van der Waals surface area contributed by atoms with Crippen molar-refractivity contribution in [2.45, 2.75) is 161 Å². The molecule has 1 heterocycles. The summed E-state index contributed by atoms with van der Waals surface area (Å²) in [7, 11) is 8.50. The van der Waals surface area contributed by atoms with Crippen LogP contribution in [-0.4, -0.2) is 140 Å². The van der Waals surface area contributed by atoms with Crippen LogP contribution in [0.25, 0.3) is 0 Å². The molecule has 5 rings (SSSR count). The molecule has 0 aromatic heterocycles. The second-order valence-corrected chi connectivity index (χ2v) is 20.4. The minimum absolute atomic E-state index is 0.0106. The lowest BCUT2D eigenvalue weighted by atomic mass is 9.89. The van der Waals surface area contributed by atoms with Crippen LogP contribution < -0.4 is 16.0 Å². The normalized spacial score (nSPS) is 26.6. The zero-order valence-corrected chi connectivity index (χ0v) is 40.3. The van der Waals surface area contributed by atoms with Gasteiger partial charge in [0.05, 0.1) is 42.7 Å². The molecule has 4 amide bonds. The van der Waals surface area contributed by atoms with Crippen molar-refractivity contribution in [3.63, 3.8) is 0 Å². The molecule has 3 saturated carbocycles. The van der Waals surface area contributed by atoms with E-state index in [2.05, 4.69) is 16.0 Å². The van der Waals surface area contributed by atoms with E-state index in [9.17, 15) is 29.1 Å². The maximum atomic E-state index is 14.3. The van der Waals surface area contributed by atoms with Gasteiger partial charge in [-0.25, -0.2) is 4.79 Å². The van der Waals surface area contributed by atoms with Crippen molar-refractivity contribution >= 4 is 35.3 Å². The van der Waals surface area contributed by atoms with Crippen molar-refractivity contribution < 1.29 is 38.6 Å². The first kappa shape index (κ1) is 50.3. The Hall–Kier alpha value is -3.75. The Morgan fingerprint density at radius 2 is 1.59 bits per heavy atom. The number of carbonyl (C=O) groups excluding carboxylic acids is 4. The van der Waals surface area contributed by atoms with E-state index >= 15 is 0 Å². The van der Waals surface area contributed by atoms with Gasteiger partial charge in [-0.3, -0.25) is 24.1 Å². The molecule has 2 unspecified atom stereocenters. The largest absolute Gasteiger partial charge is 0.480 e. The first-order valence-electron chi connectivity index (χ1n) is 23.8. The zero-order valence-electron chi connectivity index (χ0n) is 40.3. The number of likely N-dealkylation sites (tertiary alicyclic amines) is 1. The molecule has 0 bridgehead atoms. The number of carboxylic acid groups (broad SMARTS) is 1. The lowest BCUT2D eigenvalue weighted by Crippen LogP contribution is -2.59. The van der Waals surface area contributed by atoms with Gasteiger partial charge in [-0.1, -0.05) is 73.4 Å². The Bertz CT molecular complexity index is 1730. The van der Waals surface area contributed by atoms with Crippen LogP contribution in [0.3, 0.4) is 0 Å². The lowest BCUT2D eigenvalue weighted by Gasteiger charge is -2.41. The fraction of sp³-hybridized carbons (Fsp3) is 0.776. The maximum Gasteiger partial charge on any atom is 0.326 e. The summed E-state index contributed by atoms with van der Waals surface area (Å²) in [5.74, 6) is -1.48. The summed E-state index contributed by atoms with van der Waals surface area (Å²) < 4.78 is 12.0. The van der Waals surface area contributed by atoms with Gasteiger partial charge in [0, 0.05) is 46.0 Å². The van der Waals surface area contributed by atoms with Crippen LogP contribution in [0.5, 0.6) is 0 Å². The minimum atomic E-state index is -1.15. The van der Waals surface area contributed by atoms with Gasteiger partial charge in [0.2, 0.25) is 23.6 Å². The predicted molar refractivity (Wildman–Crippen MR) is 245 cm³/mol. The number of nitrogens with one attached hydrogen (secondary N) is 3. The third kappa shape index (κ3) is 11.6. The number of aliphatic carboxylic acids is 1. The number of carbonyl (C=O) groups is 5. The Morgan fingerprint density at radius 3 is 2.11 bits per heavy atom. The van der Waals surface area contributed by atoms with Crippen LogP contribution in [0.2, 0.25) is 0 Å². The predicted octanol–water partition coefficient (Wildman–Crippen LogP) is 5.44. The molecular weight excluding hydrogens is 801 g/mol. The number of rotatable bonds is 24. The van der Waals surface area contributed by atoms with Crippen molar-refractivity contribution in [3.8, 4) is 0 Å². The minimum Gasteiger partial charge on any atom is -0.480 e. The van der Waals surface area contributed by atoms with Crippen molar-refractivity contribution in [1.82, 2.24) is 25.3 Å². The highest BCUT2D eigenvalue weighted by Gasteiger charge is 2.67. The third-order valence-electron chi connectivity index (χ3n) is 15.3. The molecule has 4 aliphatic rings. The number of hydrogen-bond acceptors (Lipinski definition) is 9. The molecule has 0 radical (unpaired) electrons. The van der Waals surface area contributed by atoms with Crippen LogP contribution in [-0.2, 0) is 39.9 Å². The number of amides is 4. The SMILES string of the molecule is CC[C@H](C)[C@@H]([C@@H](CC(=O)N1CCC[C@H]1[C@H](OC)[C@@H](C)C(=O)N[C@@H](Cc1ccc(NC2C[C@H]2[C@]23CCCC2C3)cc1)C(=O)O)OC)N(C)C(=O)[C@@H](NC(=O)[C@H](C(C)C)N(C)C)C(C)C. The highest BCUT2D eigenvalue weighted by molar-refractivity contribution is 5.90. The Labute approximate surface area is 377 Å². The molecule has 14 heteroatoms. The topological polar surface area (TPSA) is 170 Å². The average Bonchev–Trinajstić information content (AvgIpc) is 4.05. The number of hydrogen-bond donors (Lipinski definition) is 4. The molecule has 354 valence electrons. The summed E-state index contributed by atoms with van der Waals surface area (Å²) in [6, 6.07) is 5.14. The molecule has 1 aliphatic heterocycles. The summed E-state index contributed by atoms with van der Waals surface area (Å²) in [5.41, 5.74) is 2.45. The molecule has 0 spiro atoms. The standard InChI is InChI=1S/C49H80N6O8/c1-13-30(6)43(54(10)47(59)41(28(2)3)52-46(58)42(29(4)5)53(8)9)39(62-11)26-40(56)55-23-15-17-38(55)44(63-12)31(7)45(57)51-37(48(60)61)24-32-18-20-34(21-19-32)50-36-25-35(36)49-22-14-16-33(49)27-49/h18-21,28-31,33,35-39,41-44,50H,13-17,22-27H2,1-12H3,(H,51,57)(H,52,58)(H,60,61)/t30-,31+,33?,35+,36?,37-,38-,39+,41-,42-,43-,44+,49-/m0/s1. The van der Waals surface area contributed by atoms with Crippen molar-refractivity contribution in [2.75, 3.05) is 47.2 Å². The molecule has 13 atom stereocenters. The monoisotopic (exact) mass is 881 g/mol. The molecule has 4 N–H and O–H groups in total. The Kier molecular flexibility index (Phi) is 17.1. The summed E-state index contributed by atoms with van der Waals surface area (Å²) >= 11 is 0. The number of benzene rings is 1. The van der Waals surface area contributed by atoms with E-state index in [1.807, 2.05) is 84.8 Å². The fourth-order valence-corrected chi connectivity index (χ4v) is 11.5. The lowest BCUT2D eigenvalue weighted by molar-refractivity contribution is -0.148. The molecule has 1 aromatic carbocycles. The number of likely N-dealkylation sites (N-methyl/N-ethyl adjacent to an activating group) is 2. The van der Waals surface area contributed by atoms with Gasteiger partial charge in [0.1, 0.15) is 12.1 Å². The van der Waals surface area contributed by atoms with Gasteiger partial charge in [-0.05, 0) is 105 Å². The number of carboxylic acids is 1. The van der Waals surface area contributed by atoms with E-state index in [-0.39, 0.29) is 48.3 Å². The highest BCUT2D eigenvalue weighted by Crippen LogP contribution is 2.73. The smallest absolute Gasteiger partial charge is 0.326 e. The number of anilines is 1. The van der Waals surface area contributed by atoms with Crippen LogP contribution >= 0.6 is 0 Å². The van der Waals surface area contributed by atoms with Gasteiger partial charge in [-0.15, -0.1) is 0 Å². The Morgan fingerprint density at radius 1 is 0.905 bits per heavy atom. The van der Waals surface area contributed by atoms with Gasteiger partial charge >= 0.3 is 5.97 Å². The molecule has 4 fully saturated rings. The summed E-state index contributed by atoms with van der Waals surface area (Å²) in [5, 5.41) is 19.7. The number of ether oxygens (including phenoxy) is 2. The van der Waals surface area contributed by atoms with Gasteiger partial charge in [0.25, 0.3) is 0 Å². The van der Waals surface area contributed by atoms with Crippen molar-refractivity contribution in [2.24, 2.45) is 40.9 Å². The van der Waals surface area contributed by atoms with Gasteiger partial charge < -0.3 is 40.3 Å². The zero-order chi connectivity index (χ0) is 46.5. The Balaban J connectivity index is 1.20. The summed E-state index contributed by atoms with van der Waals surface area (Å²) in [4.78, 5) is 73.7. The average molecular weight is 881 g/mol. The maximum absolute atomic E-state index is 14.3. The van der Waals surface area contributed by atoms with E-state index in [4.69, 9.17) is 9.47 Å². The highest BCUT2D eigenvalue weighted by atomic mass is 16.5. The first-order chi connectivity index (χ1) is 29.8. The quantitative estimate of drug-likeness (QED) is 0.105. The van der Waals surface area contributed by atoms with Crippen LogP contribution in [0.1, 0.15) is 112 Å². The van der Waals surface area contributed by atoms with E-state index in [0.717, 1.165) is 29.5 Å². The van der Waals surface area contributed by atoms with E-state index in [1.54, 1.807) is 30.9 Å². The number of fused-ring (bicyclic) bond motifs is 1. The summed E-state index contributed by atoms with van der Waals surface area (Å²) in [6.45, 7) is 14.0. The molecule has 1 aromatic rings. The number of nitrogens with zero attached hydrogens (tertiary/aromatic N) is 3. The second kappa shape index (κ2) is 21.5. The third-order valence-corrected chi connectivity index (χ3v) is 15.3. The van der Waals surface area contributed by atoms with Crippen LogP contribution in [0, 0.1) is 40.9 Å². The van der Waals surface area contributed by atoms with E-state index in [1.165, 1.54) is 39.2 Å². The van der Waals surface area contributed by atoms with Gasteiger partial charge in [-0.2, -0.15) is 0 Å². The molecular formula is C49H80N6O8. The number of methoxy groups -OCH3 is 2. The second-order valence-electron chi connectivity index (χ2n) is 20.4. The van der Waals surface area contributed by atoms with Crippen LogP contribution in [0.15, 0.2) is 24.3 Å². The molecule has 1 saturated heterocycles. The first-order valence-corrected chi connectivity index (χ1v) is 23.8. The fourth-order valence-electron chi connectivity index (χ4n) is 11.5. The summed E-state index contributed by atoms with van der Waals surface area (Å²) in [6.07, 6.45) is 7.56. The van der Waals surface area contributed by atoms with E-state index in [0.29, 0.717) is 30.8 Å². The van der Waals surface area contributed by atoms with Crippen molar-refractivity contribution in [3.05, 3.63) is 29.8 Å². The van der Waals surface area contributed by atoms with Crippen LogP contribution in [0.4, 0.5) is 5.69 Å². The molecule has 14 nitrogen and oxygen atoms in total. The molecule has 3 aliphatic carbocycles. The molecule has 63 heavy (non-hydrogen) atoms. The van der Waals surface area contributed by atoms with Crippen molar-refractivity contribution in [1.29, 1.82) is 0 Å². The van der Waals surface area contributed by atoms with Gasteiger partial charge in [0.15, 0.2) is 0 Å². The van der Waals surface area contributed by atoms with E-state index < -0.39 is 60.2 Å².